The van der Waals surface area contributed by atoms with E-state index < -0.39 is 10.1 Å². The number of pyridine rings is 1. The van der Waals surface area contributed by atoms with Gasteiger partial charge < -0.3 is 4.55 Å². The Balaban J connectivity index is 0.000000437. The van der Waals surface area contributed by atoms with Crippen molar-refractivity contribution in [3.8, 4) is 0 Å². The molecule has 1 amide bonds. The Bertz CT molecular complexity index is 1000. The largest absolute Gasteiger partial charge is 0.744 e. The van der Waals surface area contributed by atoms with Gasteiger partial charge >= 0.3 is 0 Å². The molecule has 34 heavy (non-hydrogen) atoms. The van der Waals surface area contributed by atoms with Crippen LogP contribution < -0.4 is 9.99 Å². The first-order valence-electron chi connectivity index (χ1n) is 11.9. The molecule has 7 nitrogen and oxygen atoms in total. The predicted molar refractivity (Wildman–Crippen MR) is 135 cm³/mol. The molecule has 1 aromatic heterocycles. The van der Waals surface area contributed by atoms with Crippen LogP contribution in [0.5, 0.6) is 0 Å². The van der Waals surface area contributed by atoms with Crippen LogP contribution in [0.1, 0.15) is 87.6 Å². The number of carbonyl (C=O) groups excluding carboxylic acids is 1. The number of hydrazone groups is 1. The molecule has 2 aromatic rings. The lowest BCUT2D eigenvalue weighted by Gasteiger charge is -2.05. The third kappa shape index (κ3) is 13.2. The molecule has 0 saturated carbocycles. The molecule has 1 N–H and O–H groups in total. The molecule has 0 aliphatic heterocycles. The highest BCUT2D eigenvalue weighted by Crippen LogP contribution is 2.10. The summed E-state index contributed by atoms with van der Waals surface area (Å²) in [6.45, 7) is 6.05. The summed E-state index contributed by atoms with van der Waals surface area (Å²) in [4.78, 5) is 11.8. The fourth-order valence-electron chi connectivity index (χ4n) is 3.21. The molecular formula is C26H39N3O4S. The zero-order valence-electron chi connectivity index (χ0n) is 20.9. The van der Waals surface area contributed by atoms with E-state index in [9.17, 15) is 17.8 Å². The first kappa shape index (κ1) is 29.5. The predicted octanol–water partition coefficient (Wildman–Crippen LogP) is 5.05. The zero-order chi connectivity index (χ0) is 25.4. The van der Waals surface area contributed by atoms with E-state index >= 15 is 0 Å². The summed E-state index contributed by atoms with van der Waals surface area (Å²) in [6, 6.07) is 9.43. The molecule has 0 atom stereocenters. The second-order valence-corrected chi connectivity index (χ2v) is 9.92. The van der Waals surface area contributed by atoms with E-state index in [1.807, 2.05) is 37.7 Å². The Morgan fingerprint density at radius 1 is 1.00 bits per heavy atom. The van der Waals surface area contributed by atoms with Gasteiger partial charge in [0, 0.05) is 11.8 Å². The van der Waals surface area contributed by atoms with E-state index in [1.165, 1.54) is 57.1 Å². The Hall–Kier alpha value is -2.58. The van der Waals surface area contributed by atoms with Crippen molar-refractivity contribution in [2.45, 2.75) is 83.5 Å². The highest BCUT2D eigenvalue weighted by molar-refractivity contribution is 7.85. The second kappa shape index (κ2) is 16.1. The van der Waals surface area contributed by atoms with Gasteiger partial charge in [-0.15, -0.1) is 0 Å². The minimum Gasteiger partial charge on any atom is -0.744 e. The number of benzene rings is 1. The lowest BCUT2D eigenvalue weighted by atomic mass is 10.1. The minimum atomic E-state index is -4.27. The average molecular weight is 490 g/mol. The summed E-state index contributed by atoms with van der Waals surface area (Å²) in [5, 5.41) is 4.20. The van der Waals surface area contributed by atoms with Gasteiger partial charge in [-0.05, 0) is 44.9 Å². The van der Waals surface area contributed by atoms with Gasteiger partial charge in [-0.2, -0.15) is 5.10 Å². The average Bonchev–Trinajstić information content (AvgIpc) is 2.79. The smallest absolute Gasteiger partial charge is 0.277 e. The maximum atomic E-state index is 12.0. The highest BCUT2D eigenvalue weighted by atomic mass is 32.2. The van der Waals surface area contributed by atoms with Gasteiger partial charge in [0.15, 0.2) is 12.4 Å². The third-order valence-electron chi connectivity index (χ3n) is 5.25. The second-order valence-electron chi connectivity index (χ2n) is 8.54. The molecular weight excluding hydrogens is 450 g/mol. The molecule has 1 heterocycles. The number of amides is 1. The maximum Gasteiger partial charge on any atom is 0.277 e. The topological polar surface area (TPSA) is 103 Å². The molecule has 0 bridgehead atoms. The monoisotopic (exact) mass is 489 g/mol. The highest BCUT2D eigenvalue weighted by Gasteiger charge is 2.07. The fraction of sp³-hybridized carbons (Fsp3) is 0.500. The van der Waals surface area contributed by atoms with Gasteiger partial charge in [0.1, 0.15) is 22.7 Å². The number of aromatic nitrogens is 1. The van der Waals surface area contributed by atoms with Crippen molar-refractivity contribution < 1.29 is 22.3 Å². The molecule has 0 spiro atoms. The molecule has 1 aromatic carbocycles. The van der Waals surface area contributed by atoms with E-state index in [0.717, 1.165) is 24.1 Å². The van der Waals surface area contributed by atoms with E-state index in [0.29, 0.717) is 5.56 Å². The zero-order valence-corrected chi connectivity index (χ0v) is 21.7. The Morgan fingerprint density at radius 2 is 1.59 bits per heavy atom. The molecule has 0 aliphatic rings. The van der Waals surface area contributed by atoms with Crippen molar-refractivity contribution >= 4 is 21.7 Å². The van der Waals surface area contributed by atoms with Crippen LogP contribution in [0.25, 0.3) is 0 Å². The molecule has 0 fully saturated rings. The van der Waals surface area contributed by atoms with Crippen molar-refractivity contribution in [1.82, 2.24) is 5.43 Å². The van der Waals surface area contributed by atoms with Crippen molar-refractivity contribution in [3.05, 3.63) is 59.9 Å². The molecule has 0 aliphatic carbocycles. The van der Waals surface area contributed by atoms with Crippen LogP contribution >= 0.6 is 0 Å². The van der Waals surface area contributed by atoms with Crippen molar-refractivity contribution in [3.63, 3.8) is 0 Å². The summed E-state index contributed by atoms with van der Waals surface area (Å²) in [6.07, 6.45) is 15.1. The first-order valence-corrected chi connectivity index (χ1v) is 13.4. The number of hydrogen-bond acceptors (Lipinski definition) is 5. The van der Waals surface area contributed by atoms with E-state index in [-0.39, 0.29) is 10.8 Å². The van der Waals surface area contributed by atoms with Gasteiger partial charge in [-0.25, -0.2) is 18.4 Å². The normalized spacial score (nSPS) is 11.5. The van der Waals surface area contributed by atoms with Gasteiger partial charge in [0.2, 0.25) is 0 Å². The number of hydrogen-bond donors (Lipinski definition) is 1. The maximum absolute atomic E-state index is 12.0. The van der Waals surface area contributed by atoms with Crippen LogP contribution in [0.3, 0.4) is 0 Å². The molecule has 8 heteroatoms. The number of unbranched alkanes of at least 4 members (excludes halogenated alkanes) is 7. The number of carbonyl (C=O) groups is 1. The third-order valence-corrected chi connectivity index (χ3v) is 6.10. The number of rotatable bonds is 12. The fourth-order valence-corrected chi connectivity index (χ4v) is 3.68. The van der Waals surface area contributed by atoms with E-state index in [4.69, 9.17) is 0 Å². The number of nitrogens with one attached hydrogen (secondary N) is 1. The van der Waals surface area contributed by atoms with Crippen LogP contribution in [0.15, 0.2) is 58.8 Å². The van der Waals surface area contributed by atoms with Gasteiger partial charge in [-0.1, -0.05) is 69.6 Å². The van der Waals surface area contributed by atoms with Gasteiger partial charge in [0.05, 0.1) is 4.90 Å². The first-order chi connectivity index (χ1) is 16.1. The van der Waals surface area contributed by atoms with E-state index in [1.54, 1.807) is 24.4 Å². The lowest BCUT2D eigenvalue weighted by molar-refractivity contribution is -0.671. The number of aryl methyl sites for hydroxylation is 2. The molecule has 0 saturated heterocycles. The summed E-state index contributed by atoms with van der Waals surface area (Å²) in [5.74, 6) is -0.156. The lowest BCUT2D eigenvalue weighted by Crippen LogP contribution is -2.30. The Kier molecular flexibility index (Phi) is 14.0. The Labute approximate surface area is 205 Å². The van der Waals surface area contributed by atoms with Crippen LogP contribution in [0.2, 0.25) is 0 Å². The van der Waals surface area contributed by atoms with Gasteiger partial charge in [-0.3, -0.25) is 4.79 Å². The molecule has 188 valence electrons. The molecule has 2 rings (SSSR count). The van der Waals surface area contributed by atoms with Crippen molar-refractivity contribution in [1.29, 1.82) is 0 Å². The van der Waals surface area contributed by atoms with E-state index in [2.05, 4.69) is 17.5 Å². The summed E-state index contributed by atoms with van der Waals surface area (Å²) in [7, 11) is -2.37. The SMILES string of the molecule is CCCCCCCCCC/C(C)=N/NC(=O)c1ccc[n+](C)c1.Cc1ccc(S(=O)(=O)[O-])cc1. The standard InChI is InChI=1S/C19H31N3O.C7H8O3S/c1-4-5-6-7-8-9-10-11-13-17(2)20-21-19(23)18-14-12-15-22(3)16-18;1-6-2-4-7(5-3-6)11(8,9)10/h12,14-16H,4-11,13H2,1-3H3;2-5H,1H3,(H,8,9,10)/b20-17+;. The van der Waals surface area contributed by atoms with Crippen LogP contribution in [0.4, 0.5) is 0 Å². The quantitative estimate of drug-likeness (QED) is 0.148. The summed E-state index contributed by atoms with van der Waals surface area (Å²) >= 11 is 0. The molecule has 0 unspecified atom stereocenters. The van der Waals surface area contributed by atoms with Crippen LogP contribution in [-0.4, -0.2) is 24.6 Å². The van der Waals surface area contributed by atoms with Gasteiger partial charge in [0.25, 0.3) is 5.91 Å². The number of nitrogens with zero attached hydrogens (tertiary/aromatic N) is 2. The minimum absolute atomic E-state index is 0.156. The summed E-state index contributed by atoms with van der Waals surface area (Å²) < 4.78 is 33.0. The van der Waals surface area contributed by atoms with Crippen molar-refractivity contribution in [2.75, 3.05) is 0 Å². The van der Waals surface area contributed by atoms with Crippen LogP contribution in [0, 0.1) is 6.92 Å². The summed E-state index contributed by atoms with van der Waals surface area (Å²) in [5.41, 5.74) is 5.18. The Morgan fingerprint density at radius 3 is 2.15 bits per heavy atom. The van der Waals surface area contributed by atoms with Crippen molar-refractivity contribution in [2.24, 2.45) is 12.1 Å². The van der Waals surface area contributed by atoms with Crippen LogP contribution in [-0.2, 0) is 17.2 Å². The molecule has 0 radical (unpaired) electrons.